The number of benzene rings is 1. The number of ether oxygens (including phenoxy) is 1. The van der Waals surface area contributed by atoms with E-state index in [4.69, 9.17) is 4.74 Å². The number of aromatic nitrogens is 1. The number of anilines is 1. The monoisotopic (exact) mass is 450 g/mol. The second-order valence-corrected chi connectivity index (χ2v) is 9.18. The van der Waals surface area contributed by atoms with Crippen molar-refractivity contribution in [2.24, 2.45) is 0 Å². The van der Waals surface area contributed by atoms with Crippen LogP contribution >= 0.6 is 11.3 Å². The van der Waals surface area contributed by atoms with Gasteiger partial charge in [-0.15, -0.1) is 17.9 Å². The molecular weight excluding hydrogens is 428 g/mol. The van der Waals surface area contributed by atoms with Gasteiger partial charge >= 0.3 is 5.97 Å². The van der Waals surface area contributed by atoms with Crippen LogP contribution in [-0.2, 0) is 19.6 Å². The lowest BCUT2D eigenvalue weighted by Crippen LogP contribution is -2.51. The Hall–Kier alpha value is -2.76. The Morgan fingerprint density at radius 2 is 1.90 bits per heavy atom. The van der Waals surface area contributed by atoms with Crippen LogP contribution in [0.2, 0.25) is 0 Å². The van der Waals surface area contributed by atoms with Gasteiger partial charge in [0.15, 0.2) is 17.4 Å². The van der Waals surface area contributed by atoms with E-state index in [9.17, 15) is 18.0 Å². The molecule has 160 valence electrons. The highest BCUT2D eigenvalue weighted by atomic mass is 32.2. The molecular formula is C19H22N4O5S2. The minimum Gasteiger partial charge on any atom is -0.451 e. The average Bonchev–Trinajstić information content (AvgIpc) is 3.25. The first-order chi connectivity index (χ1) is 14.4. The quantitative estimate of drug-likeness (QED) is 0.479. The van der Waals surface area contributed by atoms with Crippen LogP contribution in [0.15, 0.2) is 53.3 Å². The summed E-state index contributed by atoms with van der Waals surface area (Å²) in [5.74, 6) is -1.06. The van der Waals surface area contributed by atoms with Crippen LogP contribution in [0.3, 0.4) is 0 Å². The third kappa shape index (κ3) is 5.23. The molecule has 0 radical (unpaired) electrons. The molecule has 1 N–H and O–H groups in total. The van der Waals surface area contributed by atoms with Crippen molar-refractivity contribution in [1.82, 2.24) is 14.2 Å². The Kier molecular flexibility index (Phi) is 7.19. The molecule has 2 aromatic rings. The van der Waals surface area contributed by atoms with Crippen LogP contribution in [0, 0.1) is 0 Å². The summed E-state index contributed by atoms with van der Waals surface area (Å²) in [7, 11) is -3.59. The van der Waals surface area contributed by atoms with E-state index < -0.39 is 22.6 Å². The summed E-state index contributed by atoms with van der Waals surface area (Å²) in [5.41, 5.74) is 0.123. The molecule has 1 saturated heterocycles. The predicted molar refractivity (Wildman–Crippen MR) is 113 cm³/mol. The van der Waals surface area contributed by atoms with Crippen molar-refractivity contribution in [1.29, 1.82) is 0 Å². The van der Waals surface area contributed by atoms with Gasteiger partial charge in [-0.2, -0.15) is 4.31 Å². The Labute approximate surface area is 179 Å². The normalized spacial score (nSPS) is 14.9. The van der Waals surface area contributed by atoms with E-state index in [-0.39, 0.29) is 42.7 Å². The number of hydrogen-bond acceptors (Lipinski definition) is 8. The number of nitrogens with one attached hydrogen (secondary N) is 1. The molecule has 11 heteroatoms. The smallest absolute Gasteiger partial charge is 0.358 e. The minimum absolute atomic E-state index is 0.123. The van der Waals surface area contributed by atoms with Crippen molar-refractivity contribution in [2.45, 2.75) is 4.90 Å². The van der Waals surface area contributed by atoms with Gasteiger partial charge in [-0.05, 0) is 12.1 Å². The highest BCUT2D eigenvalue weighted by Crippen LogP contribution is 2.18. The second kappa shape index (κ2) is 9.83. The molecule has 30 heavy (non-hydrogen) atoms. The van der Waals surface area contributed by atoms with E-state index in [0.717, 1.165) is 0 Å². The summed E-state index contributed by atoms with van der Waals surface area (Å²) in [4.78, 5) is 30.2. The topological polar surface area (TPSA) is 109 Å². The van der Waals surface area contributed by atoms with Crippen LogP contribution in [-0.4, -0.2) is 73.8 Å². The van der Waals surface area contributed by atoms with Crippen molar-refractivity contribution in [3.8, 4) is 0 Å². The molecule has 1 aromatic carbocycles. The number of amides is 1. The largest absolute Gasteiger partial charge is 0.451 e. The van der Waals surface area contributed by atoms with E-state index in [2.05, 4.69) is 16.9 Å². The number of thiazole rings is 1. The van der Waals surface area contributed by atoms with Crippen LogP contribution in [0.4, 0.5) is 5.13 Å². The number of carbonyl (C=O) groups excluding carboxylic acids is 2. The molecule has 1 aromatic heterocycles. The first-order valence-corrected chi connectivity index (χ1v) is 11.5. The first-order valence-electron chi connectivity index (χ1n) is 9.22. The van der Waals surface area contributed by atoms with Gasteiger partial charge in [0.05, 0.1) is 4.90 Å². The van der Waals surface area contributed by atoms with Gasteiger partial charge in [0.2, 0.25) is 10.0 Å². The van der Waals surface area contributed by atoms with Crippen LogP contribution in [0.5, 0.6) is 0 Å². The first kappa shape index (κ1) is 21.9. The maximum absolute atomic E-state index is 12.6. The molecule has 1 fully saturated rings. The molecule has 0 unspecified atom stereocenters. The Morgan fingerprint density at radius 1 is 1.20 bits per heavy atom. The number of rotatable bonds is 8. The van der Waals surface area contributed by atoms with Crippen LogP contribution in [0.25, 0.3) is 0 Å². The highest BCUT2D eigenvalue weighted by molar-refractivity contribution is 7.89. The maximum atomic E-state index is 12.6. The zero-order valence-electron chi connectivity index (χ0n) is 16.2. The molecule has 1 amide bonds. The fraction of sp³-hybridized carbons (Fsp3) is 0.316. The molecule has 3 rings (SSSR count). The predicted octanol–water partition coefficient (Wildman–Crippen LogP) is 1.43. The van der Waals surface area contributed by atoms with Crippen molar-refractivity contribution in [2.75, 3.05) is 44.6 Å². The fourth-order valence-electron chi connectivity index (χ4n) is 2.82. The molecule has 9 nitrogen and oxygen atoms in total. The van der Waals surface area contributed by atoms with Gasteiger partial charge in [-0.25, -0.2) is 18.2 Å². The Morgan fingerprint density at radius 3 is 2.57 bits per heavy atom. The Balaban J connectivity index is 1.48. The molecule has 1 aliphatic heterocycles. The number of hydrogen-bond donors (Lipinski definition) is 1. The summed E-state index contributed by atoms with van der Waals surface area (Å²) >= 11 is 1.25. The molecule has 0 bridgehead atoms. The molecule has 0 saturated carbocycles. The summed E-state index contributed by atoms with van der Waals surface area (Å²) in [6.07, 6.45) is 1.67. The third-order valence-corrected chi connectivity index (χ3v) is 7.12. The standard InChI is InChI=1S/C19H22N4O5S2/c1-2-8-20-19-21-16(14-29-19)18(25)28-13-17(24)22-9-11-23(12-10-22)30(26,27)15-6-4-3-5-7-15/h2-7,14H,1,8-13H2,(H,20,21). The van der Waals surface area contributed by atoms with Crippen LogP contribution < -0.4 is 5.32 Å². The van der Waals surface area contributed by atoms with Gasteiger partial charge < -0.3 is 15.0 Å². The SMILES string of the molecule is C=CCNc1nc(C(=O)OCC(=O)N2CCN(S(=O)(=O)c3ccccc3)CC2)cs1. The maximum Gasteiger partial charge on any atom is 0.358 e. The number of carbonyl (C=O) groups is 2. The molecule has 1 aliphatic rings. The van der Waals surface area contributed by atoms with Gasteiger partial charge in [-0.1, -0.05) is 24.3 Å². The fourth-order valence-corrected chi connectivity index (χ4v) is 4.95. The van der Waals surface area contributed by atoms with Crippen molar-refractivity contribution in [3.63, 3.8) is 0 Å². The molecule has 0 spiro atoms. The molecule has 0 atom stereocenters. The summed E-state index contributed by atoms with van der Waals surface area (Å²) in [5, 5.41) is 5.07. The number of piperazine rings is 1. The summed E-state index contributed by atoms with van der Waals surface area (Å²) in [6, 6.07) is 8.18. The number of nitrogens with zero attached hydrogens (tertiary/aromatic N) is 3. The van der Waals surface area contributed by atoms with Gasteiger partial charge in [0, 0.05) is 38.1 Å². The zero-order chi connectivity index (χ0) is 21.6. The van der Waals surface area contributed by atoms with E-state index in [1.54, 1.807) is 41.8 Å². The van der Waals surface area contributed by atoms with E-state index >= 15 is 0 Å². The zero-order valence-corrected chi connectivity index (χ0v) is 17.8. The van der Waals surface area contributed by atoms with Crippen molar-refractivity contribution in [3.05, 3.63) is 54.1 Å². The van der Waals surface area contributed by atoms with Gasteiger partial charge in [0.25, 0.3) is 5.91 Å². The van der Waals surface area contributed by atoms with Gasteiger partial charge in [0.1, 0.15) is 0 Å². The lowest BCUT2D eigenvalue weighted by Gasteiger charge is -2.33. The Bertz CT molecular complexity index is 999. The van der Waals surface area contributed by atoms with Crippen molar-refractivity contribution >= 4 is 38.4 Å². The lowest BCUT2D eigenvalue weighted by molar-refractivity contribution is -0.135. The third-order valence-electron chi connectivity index (χ3n) is 4.41. The van der Waals surface area contributed by atoms with Gasteiger partial charge in [-0.3, -0.25) is 4.79 Å². The molecule has 2 heterocycles. The average molecular weight is 451 g/mol. The molecule has 0 aliphatic carbocycles. The van der Waals surface area contributed by atoms with E-state index in [1.165, 1.54) is 20.5 Å². The number of sulfonamides is 1. The van der Waals surface area contributed by atoms with Crippen LogP contribution in [0.1, 0.15) is 10.5 Å². The highest BCUT2D eigenvalue weighted by Gasteiger charge is 2.30. The van der Waals surface area contributed by atoms with E-state index in [0.29, 0.717) is 11.7 Å². The van der Waals surface area contributed by atoms with E-state index in [1.807, 2.05) is 0 Å². The number of esters is 1. The second-order valence-electron chi connectivity index (χ2n) is 6.38. The summed E-state index contributed by atoms with van der Waals surface area (Å²) in [6.45, 7) is 4.51. The summed E-state index contributed by atoms with van der Waals surface area (Å²) < 4.78 is 31.7. The lowest BCUT2D eigenvalue weighted by atomic mass is 10.3. The van der Waals surface area contributed by atoms with Crippen molar-refractivity contribution < 1.29 is 22.7 Å². The minimum atomic E-state index is -3.59.